The van der Waals surface area contributed by atoms with E-state index < -0.39 is 17.7 Å². The minimum Gasteiger partial charge on any atom is -0.444 e. The summed E-state index contributed by atoms with van der Waals surface area (Å²) in [5.74, 6) is 0.808. The molecule has 3 aliphatic rings. The average Bonchev–Trinajstić information content (AvgIpc) is 3.13. The molecule has 4 rings (SSSR count). The van der Waals surface area contributed by atoms with E-state index in [0.29, 0.717) is 6.54 Å². The van der Waals surface area contributed by atoms with Crippen molar-refractivity contribution in [2.24, 2.45) is 0 Å². The number of rotatable bonds is 5. The number of hydrogen-bond acceptors (Lipinski definition) is 6. The Labute approximate surface area is 225 Å². The van der Waals surface area contributed by atoms with E-state index in [1.165, 1.54) is 16.0 Å². The fraction of sp³-hybridized carbons (Fsp3) is 0.679. The molecule has 2 fully saturated rings. The largest absolute Gasteiger partial charge is 0.444 e. The Morgan fingerprint density at radius 2 is 1.86 bits per heavy atom. The van der Waals surface area contributed by atoms with E-state index in [0.717, 1.165) is 44.3 Å². The molecule has 0 unspecified atom stereocenters. The molecular weight excluding hydrogens is 488 g/mol. The molecule has 3 amide bonds. The first kappa shape index (κ1) is 27.8. The van der Waals surface area contributed by atoms with Crippen LogP contribution in [0.15, 0.2) is 24.3 Å². The summed E-state index contributed by atoms with van der Waals surface area (Å²) in [7, 11) is 1.58. The quantitative estimate of drug-likeness (QED) is 0.601. The van der Waals surface area contributed by atoms with Gasteiger partial charge in [-0.25, -0.2) is 4.79 Å². The van der Waals surface area contributed by atoms with Gasteiger partial charge in [-0.3, -0.25) is 19.4 Å². The summed E-state index contributed by atoms with van der Waals surface area (Å²) in [5.41, 5.74) is 1.96. The molecule has 0 radical (unpaired) electrons. The summed E-state index contributed by atoms with van der Waals surface area (Å²) in [6, 6.07) is 7.56. The number of hydrogen-bond donors (Lipinski definition) is 2. The van der Waals surface area contributed by atoms with Gasteiger partial charge >= 0.3 is 6.09 Å². The van der Waals surface area contributed by atoms with Gasteiger partial charge in [0, 0.05) is 19.6 Å². The highest BCUT2D eigenvalue weighted by molar-refractivity contribution is 7.99. The van der Waals surface area contributed by atoms with Crippen molar-refractivity contribution in [1.82, 2.24) is 20.4 Å². The molecule has 2 aliphatic heterocycles. The maximum atomic E-state index is 13.5. The van der Waals surface area contributed by atoms with Gasteiger partial charge in [0.2, 0.25) is 11.8 Å². The molecular formula is C28H42N4O4S. The Kier molecular flexibility index (Phi) is 8.74. The lowest BCUT2D eigenvalue weighted by atomic mass is 9.87. The number of nitrogens with one attached hydrogen (secondary N) is 2. The van der Waals surface area contributed by atoms with E-state index in [9.17, 15) is 14.4 Å². The lowest BCUT2D eigenvalue weighted by molar-refractivity contribution is -0.127. The first-order chi connectivity index (χ1) is 17.5. The third-order valence-electron chi connectivity index (χ3n) is 7.64. The van der Waals surface area contributed by atoms with Gasteiger partial charge in [0.25, 0.3) is 0 Å². The summed E-state index contributed by atoms with van der Waals surface area (Å²) < 4.78 is 5.41. The maximum Gasteiger partial charge on any atom is 0.410 e. The van der Waals surface area contributed by atoms with E-state index in [4.69, 9.17) is 4.74 Å². The molecule has 1 aliphatic carbocycles. The van der Waals surface area contributed by atoms with Crippen molar-refractivity contribution in [3.05, 3.63) is 35.4 Å². The van der Waals surface area contributed by atoms with Crippen molar-refractivity contribution >= 4 is 29.7 Å². The van der Waals surface area contributed by atoms with Gasteiger partial charge < -0.3 is 15.4 Å². The Morgan fingerprint density at radius 3 is 2.62 bits per heavy atom. The van der Waals surface area contributed by atoms with Crippen molar-refractivity contribution < 1.29 is 19.1 Å². The van der Waals surface area contributed by atoms with Crippen LogP contribution in [0.2, 0.25) is 0 Å². The third kappa shape index (κ3) is 6.79. The first-order valence-electron chi connectivity index (χ1n) is 13.5. The molecule has 9 heteroatoms. The normalized spacial score (nSPS) is 26.7. The van der Waals surface area contributed by atoms with Gasteiger partial charge in [0.1, 0.15) is 11.6 Å². The highest BCUT2D eigenvalue weighted by Gasteiger charge is 2.42. The smallest absolute Gasteiger partial charge is 0.410 e. The monoisotopic (exact) mass is 530 g/mol. The van der Waals surface area contributed by atoms with Crippen molar-refractivity contribution in [2.45, 2.75) is 101 Å². The van der Waals surface area contributed by atoms with E-state index in [1.54, 1.807) is 34.7 Å². The zero-order valence-corrected chi connectivity index (χ0v) is 23.6. The Balaban J connectivity index is 1.37. The number of fused-ring (bicyclic) bond motifs is 2. The topological polar surface area (TPSA) is 91.0 Å². The van der Waals surface area contributed by atoms with Crippen molar-refractivity contribution in [3.63, 3.8) is 0 Å². The van der Waals surface area contributed by atoms with Gasteiger partial charge in [-0.15, -0.1) is 11.8 Å². The van der Waals surface area contributed by atoms with Crippen LogP contribution >= 0.6 is 11.8 Å². The second-order valence-electron chi connectivity index (χ2n) is 11.5. The molecule has 1 aromatic rings. The molecule has 2 saturated heterocycles. The Hall–Kier alpha value is -2.26. The van der Waals surface area contributed by atoms with Crippen LogP contribution in [0.4, 0.5) is 4.79 Å². The minimum absolute atomic E-state index is 0.0656. The highest BCUT2D eigenvalue weighted by Crippen LogP contribution is 2.36. The van der Waals surface area contributed by atoms with Crippen LogP contribution in [0.1, 0.15) is 77.0 Å². The van der Waals surface area contributed by atoms with Crippen molar-refractivity contribution in [1.29, 1.82) is 0 Å². The predicted octanol–water partition coefficient (Wildman–Crippen LogP) is 3.85. The van der Waals surface area contributed by atoms with Crippen LogP contribution in [0, 0.1) is 0 Å². The summed E-state index contributed by atoms with van der Waals surface area (Å²) in [5, 5.41) is 6.79. The number of likely N-dealkylation sites (N-methyl/N-ethyl adjacent to an activating group) is 1. The van der Waals surface area contributed by atoms with Crippen molar-refractivity contribution in [2.75, 3.05) is 19.3 Å². The first-order valence-corrected chi connectivity index (χ1v) is 14.6. The Morgan fingerprint density at radius 1 is 1.11 bits per heavy atom. The lowest BCUT2D eigenvalue weighted by Crippen LogP contribution is -2.54. The van der Waals surface area contributed by atoms with E-state index in [1.807, 2.05) is 11.8 Å². The molecule has 204 valence electrons. The number of carbonyl (C=O) groups excluding carboxylic acids is 3. The fourth-order valence-electron chi connectivity index (χ4n) is 5.51. The standard InChI is InChI=1S/C28H42N4O4S/c1-18(31(5)27(35)36-28(2,3)4)25(33)29-20-15-16-37-24-14-13-23(32(24)17-20)26(34)30-22-12-8-10-19-9-6-7-11-21(19)22/h6-7,9,11,18,20,22-24H,8,10,12-17H2,1-5H3,(H,29,33)(H,30,34)/t18-,20-,22+,23-,24-/m0/s1. The third-order valence-corrected chi connectivity index (χ3v) is 9.00. The number of benzene rings is 1. The van der Waals surface area contributed by atoms with Gasteiger partial charge in [-0.2, -0.15) is 0 Å². The zero-order chi connectivity index (χ0) is 26.7. The number of aryl methyl sites for hydroxylation is 1. The molecule has 2 heterocycles. The SMILES string of the molecule is C[C@@H](C(=O)N[C@H]1CCS[C@H]2CC[C@@H](C(=O)N[C@@H]3CCCc4ccccc43)N2C1)N(C)C(=O)OC(C)(C)C. The van der Waals surface area contributed by atoms with Crippen molar-refractivity contribution in [3.8, 4) is 0 Å². The number of nitrogens with zero attached hydrogens (tertiary/aromatic N) is 2. The van der Waals surface area contributed by atoms with Crippen LogP contribution in [0.25, 0.3) is 0 Å². The number of amides is 3. The number of carbonyl (C=O) groups is 3. The van der Waals surface area contributed by atoms with Crippen LogP contribution in [0.5, 0.6) is 0 Å². The predicted molar refractivity (Wildman–Crippen MR) is 146 cm³/mol. The van der Waals surface area contributed by atoms with Gasteiger partial charge in [0.15, 0.2) is 0 Å². The molecule has 37 heavy (non-hydrogen) atoms. The summed E-state index contributed by atoms with van der Waals surface area (Å²) in [4.78, 5) is 42.6. The second kappa shape index (κ2) is 11.6. The van der Waals surface area contributed by atoms with Crippen LogP contribution in [0.3, 0.4) is 0 Å². The number of ether oxygens (including phenoxy) is 1. The number of thioether (sulfide) groups is 1. The molecule has 0 bridgehead atoms. The summed E-state index contributed by atoms with van der Waals surface area (Å²) in [6.45, 7) is 7.75. The fourth-order valence-corrected chi connectivity index (χ4v) is 6.93. The molecule has 0 aromatic heterocycles. The van der Waals surface area contributed by atoms with Gasteiger partial charge in [0.05, 0.1) is 17.5 Å². The molecule has 2 N–H and O–H groups in total. The molecule has 8 nitrogen and oxygen atoms in total. The van der Waals surface area contributed by atoms with Crippen LogP contribution < -0.4 is 10.6 Å². The van der Waals surface area contributed by atoms with E-state index >= 15 is 0 Å². The van der Waals surface area contributed by atoms with Crippen LogP contribution in [-0.4, -0.2) is 76.2 Å². The molecule has 0 saturated carbocycles. The van der Waals surface area contributed by atoms with Crippen LogP contribution in [-0.2, 0) is 20.7 Å². The summed E-state index contributed by atoms with van der Waals surface area (Å²) in [6.07, 6.45) is 5.23. The van der Waals surface area contributed by atoms with E-state index in [2.05, 4.69) is 39.8 Å². The second-order valence-corrected chi connectivity index (χ2v) is 12.8. The lowest BCUT2D eigenvalue weighted by Gasteiger charge is -2.33. The van der Waals surface area contributed by atoms with Gasteiger partial charge in [-0.1, -0.05) is 24.3 Å². The minimum atomic E-state index is -0.661. The molecule has 1 aromatic carbocycles. The maximum absolute atomic E-state index is 13.5. The zero-order valence-electron chi connectivity index (χ0n) is 22.8. The molecule has 5 atom stereocenters. The highest BCUT2D eigenvalue weighted by atomic mass is 32.2. The Bertz CT molecular complexity index is 997. The molecule has 0 spiro atoms. The summed E-state index contributed by atoms with van der Waals surface area (Å²) >= 11 is 1.88. The van der Waals surface area contributed by atoms with Gasteiger partial charge in [-0.05, 0) is 83.1 Å². The average molecular weight is 531 g/mol. The van der Waals surface area contributed by atoms with E-state index in [-0.39, 0.29) is 35.3 Å².